The molecular formula is C9H15NO4. The first-order valence-electron chi connectivity index (χ1n) is 4.69. The number of aliphatic hydroxyl groups is 2. The molecule has 1 aliphatic heterocycles. The van der Waals surface area contributed by atoms with Crippen LogP contribution in [0.2, 0.25) is 0 Å². The van der Waals surface area contributed by atoms with E-state index in [-0.39, 0.29) is 24.7 Å². The quantitative estimate of drug-likeness (QED) is 0.588. The highest BCUT2D eigenvalue weighted by Crippen LogP contribution is 2.26. The van der Waals surface area contributed by atoms with E-state index in [2.05, 4.69) is 0 Å². The zero-order valence-corrected chi connectivity index (χ0v) is 8.19. The van der Waals surface area contributed by atoms with Crippen LogP contribution in [-0.4, -0.2) is 45.7 Å². The number of hydrogen-bond acceptors (Lipinski definition) is 4. The van der Waals surface area contributed by atoms with Gasteiger partial charge in [0.15, 0.2) is 0 Å². The van der Waals surface area contributed by atoms with Crippen molar-refractivity contribution >= 4 is 11.8 Å². The zero-order valence-electron chi connectivity index (χ0n) is 8.19. The van der Waals surface area contributed by atoms with Gasteiger partial charge in [-0.2, -0.15) is 0 Å². The summed E-state index contributed by atoms with van der Waals surface area (Å²) < 4.78 is 0. The minimum absolute atomic E-state index is 0.181. The van der Waals surface area contributed by atoms with Crippen LogP contribution in [0.1, 0.15) is 26.2 Å². The van der Waals surface area contributed by atoms with Crippen molar-refractivity contribution in [2.45, 2.75) is 31.7 Å². The van der Waals surface area contributed by atoms with E-state index in [4.69, 9.17) is 10.2 Å². The molecule has 5 nitrogen and oxygen atoms in total. The SMILES string of the molecule is CCC(CO)(CO)N1C(=O)CCC1=O. The lowest BCUT2D eigenvalue weighted by atomic mass is 9.96. The zero-order chi connectivity index (χ0) is 10.8. The molecule has 2 amide bonds. The first-order chi connectivity index (χ1) is 6.61. The fourth-order valence-electron chi connectivity index (χ4n) is 1.68. The molecule has 0 spiro atoms. The van der Waals surface area contributed by atoms with E-state index in [1.54, 1.807) is 6.92 Å². The Morgan fingerprint density at radius 1 is 1.21 bits per heavy atom. The maximum absolute atomic E-state index is 11.4. The maximum atomic E-state index is 11.4. The molecule has 0 bridgehead atoms. The Balaban J connectivity index is 2.97. The molecule has 0 aromatic heterocycles. The predicted molar refractivity (Wildman–Crippen MR) is 48.3 cm³/mol. The molecule has 1 aliphatic rings. The molecule has 0 atom stereocenters. The van der Waals surface area contributed by atoms with E-state index in [1.165, 1.54) is 0 Å². The standard InChI is InChI=1S/C9H15NO4/c1-2-9(5-11,6-12)10-7(13)3-4-8(10)14/h11-12H,2-6H2,1H3. The van der Waals surface area contributed by atoms with Gasteiger partial charge in [0.05, 0.1) is 18.8 Å². The molecule has 14 heavy (non-hydrogen) atoms. The molecule has 0 aromatic carbocycles. The van der Waals surface area contributed by atoms with Crippen molar-refractivity contribution in [2.24, 2.45) is 0 Å². The van der Waals surface area contributed by atoms with Crippen LogP contribution in [0.5, 0.6) is 0 Å². The number of carbonyl (C=O) groups excluding carboxylic acids is 2. The van der Waals surface area contributed by atoms with Crippen LogP contribution in [0.4, 0.5) is 0 Å². The third-order valence-electron chi connectivity index (χ3n) is 2.77. The third kappa shape index (κ3) is 1.53. The second-order valence-corrected chi connectivity index (χ2v) is 3.52. The molecule has 0 unspecified atom stereocenters. The van der Waals surface area contributed by atoms with Crippen LogP contribution >= 0.6 is 0 Å². The summed E-state index contributed by atoms with van der Waals surface area (Å²) in [7, 11) is 0. The van der Waals surface area contributed by atoms with Crippen molar-refractivity contribution in [3.05, 3.63) is 0 Å². The number of nitrogens with zero attached hydrogens (tertiary/aromatic N) is 1. The summed E-state index contributed by atoms with van der Waals surface area (Å²) in [6, 6.07) is 0. The van der Waals surface area contributed by atoms with Crippen LogP contribution in [0.3, 0.4) is 0 Å². The highest BCUT2D eigenvalue weighted by atomic mass is 16.3. The predicted octanol–water partition coefficient (Wildman–Crippen LogP) is -0.731. The minimum atomic E-state index is -1.11. The molecule has 0 saturated carbocycles. The fourth-order valence-corrected chi connectivity index (χ4v) is 1.68. The molecular weight excluding hydrogens is 186 g/mol. The van der Waals surface area contributed by atoms with Crippen molar-refractivity contribution < 1.29 is 19.8 Å². The average molecular weight is 201 g/mol. The Hall–Kier alpha value is -0.940. The molecule has 2 N–H and O–H groups in total. The summed E-state index contributed by atoms with van der Waals surface area (Å²) in [4.78, 5) is 23.8. The molecule has 1 heterocycles. The molecule has 1 saturated heterocycles. The van der Waals surface area contributed by atoms with Crippen LogP contribution in [0.15, 0.2) is 0 Å². The smallest absolute Gasteiger partial charge is 0.230 e. The summed E-state index contributed by atoms with van der Waals surface area (Å²) in [6.45, 7) is 0.945. The van der Waals surface area contributed by atoms with Gasteiger partial charge in [0.25, 0.3) is 0 Å². The Kier molecular flexibility index (Phi) is 3.23. The van der Waals surface area contributed by atoms with Crippen LogP contribution in [-0.2, 0) is 9.59 Å². The largest absolute Gasteiger partial charge is 0.394 e. The number of hydrogen-bond donors (Lipinski definition) is 2. The lowest BCUT2D eigenvalue weighted by Crippen LogP contribution is -2.56. The summed E-state index contributed by atoms with van der Waals surface area (Å²) in [5.74, 6) is -0.611. The van der Waals surface area contributed by atoms with Crippen molar-refractivity contribution in [2.75, 3.05) is 13.2 Å². The van der Waals surface area contributed by atoms with Gasteiger partial charge in [0, 0.05) is 12.8 Å². The van der Waals surface area contributed by atoms with E-state index in [1.807, 2.05) is 0 Å². The Labute approximate surface area is 82.3 Å². The first kappa shape index (κ1) is 11.1. The summed E-state index contributed by atoms with van der Waals surface area (Å²) in [5.41, 5.74) is -1.11. The third-order valence-corrected chi connectivity index (χ3v) is 2.77. The number of amides is 2. The minimum Gasteiger partial charge on any atom is -0.394 e. The van der Waals surface area contributed by atoms with Gasteiger partial charge in [-0.25, -0.2) is 0 Å². The van der Waals surface area contributed by atoms with E-state index < -0.39 is 18.8 Å². The molecule has 1 fully saturated rings. The monoisotopic (exact) mass is 201 g/mol. The number of rotatable bonds is 4. The van der Waals surface area contributed by atoms with Crippen LogP contribution in [0, 0.1) is 0 Å². The van der Waals surface area contributed by atoms with Gasteiger partial charge in [-0.1, -0.05) is 6.92 Å². The highest BCUT2D eigenvalue weighted by molar-refractivity contribution is 6.02. The van der Waals surface area contributed by atoms with Gasteiger partial charge < -0.3 is 10.2 Å². The Bertz CT molecular complexity index is 223. The van der Waals surface area contributed by atoms with Gasteiger partial charge in [0.1, 0.15) is 0 Å². The Morgan fingerprint density at radius 2 is 1.64 bits per heavy atom. The number of carbonyl (C=O) groups is 2. The fraction of sp³-hybridized carbons (Fsp3) is 0.778. The molecule has 0 radical (unpaired) electrons. The maximum Gasteiger partial charge on any atom is 0.230 e. The van der Waals surface area contributed by atoms with Gasteiger partial charge >= 0.3 is 0 Å². The van der Waals surface area contributed by atoms with Crippen molar-refractivity contribution in [1.82, 2.24) is 4.90 Å². The lowest BCUT2D eigenvalue weighted by Gasteiger charge is -2.36. The first-order valence-corrected chi connectivity index (χ1v) is 4.69. The molecule has 80 valence electrons. The van der Waals surface area contributed by atoms with E-state index in [9.17, 15) is 9.59 Å². The second kappa shape index (κ2) is 4.06. The summed E-state index contributed by atoms with van der Waals surface area (Å²) in [5, 5.41) is 18.3. The van der Waals surface area contributed by atoms with Gasteiger partial charge in [0.2, 0.25) is 11.8 Å². The highest BCUT2D eigenvalue weighted by Gasteiger charge is 2.44. The molecule has 0 aliphatic carbocycles. The Morgan fingerprint density at radius 3 is 1.93 bits per heavy atom. The van der Waals surface area contributed by atoms with Crippen molar-refractivity contribution in [1.29, 1.82) is 0 Å². The molecule has 0 aromatic rings. The summed E-state index contributed by atoms with van der Waals surface area (Å²) >= 11 is 0. The van der Waals surface area contributed by atoms with Crippen LogP contribution in [0.25, 0.3) is 0 Å². The number of imide groups is 1. The van der Waals surface area contributed by atoms with Gasteiger partial charge in [-0.3, -0.25) is 14.5 Å². The lowest BCUT2D eigenvalue weighted by molar-refractivity contribution is -0.150. The van der Waals surface area contributed by atoms with Gasteiger partial charge in [-0.15, -0.1) is 0 Å². The summed E-state index contributed by atoms with van der Waals surface area (Å²) in [6.07, 6.45) is 0.721. The van der Waals surface area contributed by atoms with Crippen LogP contribution < -0.4 is 0 Å². The van der Waals surface area contributed by atoms with Crippen molar-refractivity contribution in [3.63, 3.8) is 0 Å². The average Bonchev–Trinajstić information content (AvgIpc) is 2.53. The van der Waals surface area contributed by atoms with Crippen molar-refractivity contribution in [3.8, 4) is 0 Å². The number of aliphatic hydroxyl groups excluding tert-OH is 2. The van der Waals surface area contributed by atoms with E-state index in [0.29, 0.717) is 6.42 Å². The normalized spacial score (nSPS) is 18.1. The molecule has 1 rings (SSSR count). The second-order valence-electron chi connectivity index (χ2n) is 3.52. The van der Waals surface area contributed by atoms with E-state index in [0.717, 1.165) is 4.90 Å². The molecule has 5 heteroatoms. The number of likely N-dealkylation sites (tertiary alicyclic amines) is 1. The topological polar surface area (TPSA) is 77.8 Å². The van der Waals surface area contributed by atoms with Gasteiger partial charge in [-0.05, 0) is 6.42 Å². The van der Waals surface area contributed by atoms with E-state index >= 15 is 0 Å².